The highest BCUT2D eigenvalue weighted by Crippen LogP contribution is 2.27. The van der Waals surface area contributed by atoms with Gasteiger partial charge in [-0.25, -0.2) is 0 Å². The molecule has 0 unspecified atom stereocenters. The highest BCUT2D eigenvalue weighted by atomic mass is 16.3. The fraction of sp³-hybridized carbons (Fsp3) is 0.571. The molecule has 5 nitrogen and oxygen atoms in total. The van der Waals surface area contributed by atoms with E-state index in [1.165, 1.54) is 22.9 Å². The first kappa shape index (κ1) is 13.8. The van der Waals surface area contributed by atoms with Crippen LogP contribution in [0.15, 0.2) is 23.1 Å². The SMILES string of the molecule is Cn1cc(C(=O)NCC2(O)CCCCC2)ccc1=O. The number of aromatic nitrogens is 1. The first-order chi connectivity index (χ1) is 9.00. The summed E-state index contributed by atoms with van der Waals surface area (Å²) in [6.07, 6.45) is 6.14. The summed E-state index contributed by atoms with van der Waals surface area (Å²) < 4.78 is 1.37. The molecule has 2 rings (SSSR count). The van der Waals surface area contributed by atoms with E-state index in [0.29, 0.717) is 5.56 Å². The molecule has 1 amide bonds. The van der Waals surface area contributed by atoms with Crippen molar-refractivity contribution in [1.29, 1.82) is 0 Å². The molecule has 0 saturated heterocycles. The van der Waals surface area contributed by atoms with Crippen LogP contribution in [-0.2, 0) is 7.05 Å². The van der Waals surface area contributed by atoms with Crippen molar-refractivity contribution in [2.75, 3.05) is 6.54 Å². The lowest BCUT2D eigenvalue weighted by Gasteiger charge is -2.32. The number of aryl methyl sites for hydroxylation is 1. The van der Waals surface area contributed by atoms with Crippen molar-refractivity contribution < 1.29 is 9.90 Å². The van der Waals surface area contributed by atoms with Crippen molar-refractivity contribution in [3.05, 3.63) is 34.2 Å². The zero-order valence-corrected chi connectivity index (χ0v) is 11.2. The van der Waals surface area contributed by atoms with Gasteiger partial charge in [-0.05, 0) is 18.9 Å². The third-order valence-electron chi connectivity index (χ3n) is 3.71. The fourth-order valence-corrected chi connectivity index (χ4v) is 2.46. The summed E-state index contributed by atoms with van der Waals surface area (Å²) in [5.74, 6) is -0.255. The topological polar surface area (TPSA) is 71.3 Å². The Labute approximate surface area is 112 Å². The van der Waals surface area contributed by atoms with Crippen LogP contribution in [0.4, 0.5) is 0 Å². The van der Waals surface area contributed by atoms with Gasteiger partial charge < -0.3 is 15.0 Å². The van der Waals surface area contributed by atoms with Gasteiger partial charge in [-0.3, -0.25) is 9.59 Å². The van der Waals surface area contributed by atoms with Gasteiger partial charge in [0.15, 0.2) is 0 Å². The third-order valence-corrected chi connectivity index (χ3v) is 3.71. The lowest BCUT2D eigenvalue weighted by molar-refractivity contribution is 0.00525. The largest absolute Gasteiger partial charge is 0.388 e. The molecule has 104 valence electrons. The van der Waals surface area contributed by atoms with Gasteiger partial charge in [0, 0.05) is 25.9 Å². The number of rotatable bonds is 3. The van der Waals surface area contributed by atoms with E-state index >= 15 is 0 Å². The number of hydrogen-bond donors (Lipinski definition) is 2. The van der Waals surface area contributed by atoms with Crippen molar-refractivity contribution in [3.63, 3.8) is 0 Å². The molecule has 2 N–H and O–H groups in total. The van der Waals surface area contributed by atoms with Crippen molar-refractivity contribution in [2.45, 2.75) is 37.7 Å². The fourth-order valence-electron chi connectivity index (χ4n) is 2.46. The van der Waals surface area contributed by atoms with Crippen molar-refractivity contribution in [1.82, 2.24) is 9.88 Å². The van der Waals surface area contributed by atoms with Gasteiger partial charge in [-0.15, -0.1) is 0 Å². The number of carbonyl (C=O) groups is 1. The van der Waals surface area contributed by atoms with Gasteiger partial charge >= 0.3 is 0 Å². The zero-order chi connectivity index (χ0) is 13.9. The summed E-state index contributed by atoms with van der Waals surface area (Å²) in [4.78, 5) is 23.2. The summed E-state index contributed by atoms with van der Waals surface area (Å²) in [6, 6.07) is 2.87. The van der Waals surface area contributed by atoms with Crippen LogP contribution in [0.3, 0.4) is 0 Å². The molecule has 1 aromatic rings. The van der Waals surface area contributed by atoms with E-state index in [1.807, 2.05) is 0 Å². The molecule has 19 heavy (non-hydrogen) atoms. The Morgan fingerprint density at radius 3 is 2.68 bits per heavy atom. The molecule has 1 fully saturated rings. The van der Waals surface area contributed by atoms with Crippen LogP contribution in [0, 0.1) is 0 Å². The van der Waals surface area contributed by atoms with Gasteiger partial charge in [0.2, 0.25) is 5.56 Å². The number of hydrogen-bond acceptors (Lipinski definition) is 3. The maximum Gasteiger partial charge on any atom is 0.252 e. The molecule has 1 aromatic heterocycles. The molecule has 0 atom stereocenters. The summed E-state index contributed by atoms with van der Waals surface area (Å²) in [6.45, 7) is 0.272. The standard InChI is InChI=1S/C14H20N2O3/c1-16-9-11(5-6-12(16)17)13(18)15-10-14(19)7-3-2-4-8-14/h5-6,9,19H,2-4,7-8,10H2,1H3,(H,15,18). The predicted octanol–water partition coefficient (Wildman–Crippen LogP) is 0.810. The van der Waals surface area contributed by atoms with Crippen molar-refractivity contribution in [2.24, 2.45) is 7.05 Å². The maximum absolute atomic E-state index is 12.0. The lowest BCUT2D eigenvalue weighted by Crippen LogP contribution is -2.44. The van der Waals surface area contributed by atoms with Crippen molar-refractivity contribution >= 4 is 5.91 Å². The van der Waals surface area contributed by atoms with Crippen molar-refractivity contribution in [3.8, 4) is 0 Å². The highest BCUT2D eigenvalue weighted by Gasteiger charge is 2.29. The lowest BCUT2D eigenvalue weighted by atomic mass is 9.85. The van der Waals surface area contributed by atoms with E-state index < -0.39 is 5.60 Å². The Morgan fingerprint density at radius 2 is 2.05 bits per heavy atom. The Bertz CT molecular complexity index is 516. The van der Waals surface area contributed by atoms with Gasteiger partial charge in [0.1, 0.15) is 0 Å². The Balaban J connectivity index is 1.97. The van der Waals surface area contributed by atoms with E-state index in [1.54, 1.807) is 7.05 Å². The van der Waals surface area contributed by atoms with Crippen LogP contribution in [0.2, 0.25) is 0 Å². The number of nitrogens with zero attached hydrogens (tertiary/aromatic N) is 1. The van der Waals surface area contributed by atoms with Gasteiger partial charge in [0.05, 0.1) is 11.2 Å². The number of carbonyl (C=O) groups excluding carboxylic acids is 1. The molecule has 0 aliphatic heterocycles. The zero-order valence-electron chi connectivity index (χ0n) is 11.2. The number of amides is 1. The van der Waals surface area contributed by atoms with E-state index in [0.717, 1.165) is 32.1 Å². The van der Waals surface area contributed by atoms with E-state index in [-0.39, 0.29) is 18.0 Å². The second kappa shape index (κ2) is 5.57. The molecular weight excluding hydrogens is 244 g/mol. The van der Waals surface area contributed by atoms with Crippen LogP contribution in [0.5, 0.6) is 0 Å². The van der Waals surface area contributed by atoms with E-state index in [4.69, 9.17) is 0 Å². The van der Waals surface area contributed by atoms with Crippen LogP contribution < -0.4 is 10.9 Å². The Hall–Kier alpha value is -1.62. The quantitative estimate of drug-likeness (QED) is 0.848. The first-order valence-electron chi connectivity index (χ1n) is 6.67. The van der Waals surface area contributed by atoms with Crippen LogP contribution in [0.25, 0.3) is 0 Å². The van der Waals surface area contributed by atoms with Gasteiger partial charge in [-0.1, -0.05) is 19.3 Å². The smallest absolute Gasteiger partial charge is 0.252 e. The maximum atomic E-state index is 12.0. The summed E-state index contributed by atoms with van der Waals surface area (Å²) >= 11 is 0. The van der Waals surface area contributed by atoms with Crippen LogP contribution >= 0.6 is 0 Å². The third kappa shape index (κ3) is 3.44. The number of aliphatic hydroxyl groups is 1. The highest BCUT2D eigenvalue weighted by molar-refractivity contribution is 5.93. The molecule has 5 heteroatoms. The van der Waals surface area contributed by atoms with E-state index in [2.05, 4.69) is 5.32 Å². The molecule has 0 aromatic carbocycles. The molecule has 1 aliphatic carbocycles. The van der Waals surface area contributed by atoms with Gasteiger partial charge in [-0.2, -0.15) is 0 Å². The monoisotopic (exact) mass is 264 g/mol. The minimum absolute atomic E-state index is 0.151. The molecule has 1 aliphatic rings. The van der Waals surface area contributed by atoms with Crippen LogP contribution in [-0.4, -0.2) is 27.7 Å². The molecule has 1 saturated carbocycles. The molecular formula is C14H20N2O3. The van der Waals surface area contributed by atoms with Crippen LogP contribution in [0.1, 0.15) is 42.5 Å². The predicted molar refractivity (Wildman–Crippen MR) is 72.1 cm³/mol. The number of pyridine rings is 1. The molecule has 0 bridgehead atoms. The first-order valence-corrected chi connectivity index (χ1v) is 6.67. The van der Waals surface area contributed by atoms with E-state index in [9.17, 15) is 14.7 Å². The minimum Gasteiger partial charge on any atom is -0.388 e. The summed E-state index contributed by atoms with van der Waals surface area (Å²) in [7, 11) is 1.60. The molecule has 1 heterocycles. The summed E-state index contributed by atoms with van der Waals surface area (Å²) in [5, 5.41) is 13.0. The average molecular weight is 264 g/mol. The normalized spacial score (nSPS) is 18.0. The minimum atomic E-state index is -0.769. The molecule has 0 spiro atoms. The Morgan fingerprint density at radius 1 is 1.37 bits per heavy atom. The second-order valence-electron chi connectivity index (χ2n) is 5.33. The Kier molecular flexibility index (Phi) is 4.04. The average Bonchev–Trinajstić information content (AvgIpc) is 2.40. The second-order valence-corrected chi connectivity index (χ2v) is 5.33. The summed E-state index contributed by atoms with van der Waals surface area (Å²) in [5.41, 5.74) is -0.488. The molecule has 0 radical (unpaired) electrons. The van der Waals surface area contributed by atoms with Gasteiger partial charge in [0.25, 0.3) is 5.91 Å². The number of nitrogens with one attached hydrogen (secondary N) is 1.